The average molecular weight is 919 g/mol. The molecule has 6 amide bonds. The number of amides is 6. The Balaban J connectivity index is 1.27. The van der Waals surface area contributed by atoms with E-state index in [1.165, 1.54) is 35.6 Å². The Morgan fingerprint density at radius 3 is 1.64 bits per heavy atom. The molecule has 2 aliphatic rings. The first-order chi connectivity index (χ1) is 32.5. The molecule has 3 heterocycles. The largest absolute Gasteiger partial charge is 0.480 e. The number of nitrogens with one attached hydrogen (secondary N) is 5. The highest BCUT2D eigenvalue weighted by Gasteiger charge is 2.34. The number of rotatable bonds is 12. The average Bonchev–Trinajstić information content (AvgIpc) is 3.86. The minimum Gasteiger partial charge on any atom is -0.480 e. The third-order valence-corrected chi connectivity index (χ3v) is 12.1. The minimum absolute atomic E-state index is 0.0107. The molecule has 1 aromatic heterocycles. The maximum atomic E-state index is 14.8. The normalized spacial score (nSPS) is 18.4. The van der Waals surface area contributed by atoms with Crippen LogP contribution >= 0.6 is 11.3 Å². The molecule has 14 nitrogen and oxygen atoms in total. The van der Waals surface area contributed by atoms with Gasteiger partial charge in [0.05, 0.1) is 0 Å². The van der Waals surface area contributed by atoms with Gasteiger partial charge in [0.2, 0.25) is 29.5 Å². The topological polar surface area (TPSA) is 203 Å². The zero-order valence-corrected chi connectivity index (χ0v) is 37.2. The number of hydrogen-bond acceptors (Lipinski definition) is 8. The van der Waals surface area contributed by atoms with E-state index in [9.17, 15) is 38.7 Å². The van der Waals surface area contributed by atoms with E-state index in [4.69, 9.17) is 0 Å². The van der Waals surface area contributed by atoms with Crippen LogP contribution in [-0.2, 0) is 59.4 Å². The van der Waals surface area contributed by atoms with Crippen molar-refractivity contribution in [2.75, 3.05) is 11.9 Å². The maximum Gasteiger partial charge on any atom is 0.323 e. The van der Waals surface area contributed by atoms with Crippen LogP contribution in [0.15, 0.2) is 157 Å². The highest BCUT2D eigenvalue weighted by Crippen LogP contribution is 2.23. The van der Waals surface area contributed by atoms with Crippen molar-refractivity contribution < 1.29 is 38.7 Å². The lowest BCUT2D eigenvalue weighted by Gasteiger charge is -2.29. The van der Waals surface area contributed by atoms with Gasteiger partial charge in [0.1, 0.15) is 30.7 Å². The third kappa shape index (κ3) is 13.6. The van der Waals surface area contributed by atoms with Gasteiger partial charge in [0.25, 0.3) is 5.91 Å². The Hall–Kier alpha value is -7.91. The van der Waals surface area contributed by atoms with E-state index in [0.29, 0.717) is 22.4 Å². The second-order valence-corrected chi connectivity index (χ2v) is 17.2. The molecule has 0 aliphatic carbocycles. The number of benzene rings is 5. The van der Waals surface area contributed by atoms with Gasteiger partial charge in [-0.3, -0.25) is 33.6 Å². The maximum absolute atomic E-state index is 14.8. The summed E-state index contributed by atoms with van der Waals surface area (Å²) in [7, 11) is 0. The van der Waals surface area contributed by atoms with Gasteiger partial charge in [0, 0.05) is 49.2 Å². The molecule has 6 N–H and O–H groups in total. The van der Waals surface area contributed by atoms with Crippen LogP contribution in [0.4, 0.5) is 5.69 Å². The Morgan fingerprint density at radius 2 is 1.06 bits per heavy atom. The van der Waals surface area contributed by atoms with Crippen LogP contribution in [0.2, 0.25) is 0 Å². The summed E-state index contributed by atoms with van der Waals surface area (Å²) in [6.45, 7) is -0.779. The molecule has 6 aromatic rings. The number of nitrogens with zero attached hydrogens (tertiary/aromatic N) is 1. The standard InChI is InChI=1S/C52H50N6O8S/c59-45-26-27-46(60)54-44(31-41-17-10-28-67-41)50(64)55-42(30-35-18-20-38(21-19-35)37-15-8-3-9-16-37)49(63)56-43(29-34-11-4-1-5-12-34)51(65)57-48(39-22-24-40(53-45)25-23-39)52(66)58(33-47(61)62)32-36-13-6-2-7-14-36/h1-25,28,42-44,48H,26-27,29-33H2,(H,53,59)(H,54,60)(H,55,64)(H,56,63)(H,57,65)(H,61,62)/t42-,43+,44+,48?/m0/s1. The Bertz CT molecular complexity index is 2650. The number of carbonyl (C=O) groups excluding carboxylic acids is 6. The monoisotopic (exact) mass is 918 g/mol. The van der Waals surface area contributed by atoms with Gasteiger partial charge >= 0.3 is 5.97 Å². The van der Waals surface area contributed by atoms with Crippen molar-refractivity contribution in [3.05, 3.63) is 184 Å². The lowest BCUT2D eigenvalue weighted by molar-refractivity contribution is -0.146. The minimum atomic E-state index is -1.46. The first-order valence-corrected chi connectivity index (χ1v) is 22.7. The molecule has 67 heavy (non-hydrogen) atoms. The summed E-state index contributed by atoms with van der Waals surface area (Å²) < 4.78 is 0. The molecule has 5 aromatic carbocycles. The van der Waals surface area contributed by atoms with Crippen LogP contribution in [-0.4, -0.2) is 76.1 Å². The van der Waals surface area contributed by atoms with E-state index < -0.39 is 72.1 Å². The van der Waals surface area contributed by atoms with Gasteiger partial charge in [-0.15, -0.1) is 11.3 Å². The lowest BCUT2D eigenvalue weighted by Crippen LogP contribution is -2.58. The van der Waals surface area contributed by atoms with Gasteiger partial charge in [-0.05, 0) is 57.0 Å². The highest BCUT2D eigenvalue weighted by atomic mass is 32.1. The fourth-order valence-corrected chi connectivity index (χ4v) is 8.47. The molecular weight excluding hydrogens is 869 g/mol. The Kier molecular flexibility index (Phi) is 16.0. The summed E-state index contributed by atoms with van der Waals surface area (Å²) in [5.41, 5.74) is 4.53. The van der Waals surface area contributed by atoms with Crippen LogP contribution in [0, 0.1) is 0 Å². The molecule has 0 saturated carbocycles. The number of thiophene rings is 1. The third-order valence-electron chi connectivity index (χ3n) is 11.2. The summed E-state index contributed by atoms with van der Waals surface area (Å²) in [5.74, 6) is -5.21. The van der Waals surface area contributed by atoms with Crippen molar-refractivity contribution in [1.29, 1.82) is 0 Å². The van der Waals surface area contributed by atoms with Crippen molar-refractivity contribution in [3.8, 4) is 11.1 Å². The zero-order valence-electron chi connectivity index (χ0n) is 36.4. The smallest absolute Gasteiger partial charge is 0.323 e. The molecule has 8 rings (SSSR count). The molecule has 0 saturated heterocycles. The first-order valence-electron chi connectivity index (χ1n) is 21.8. The summed E-state index contributed by atoms with van der Waals surface area (Å²) in [6.07, 6.45) is -0.416. The number of carboxylic acids is 1. The van der Waals surface area contributed by atoms with Crippen LogP contribution in [0.25, 0.3) is 11.1 Å². The van der Waals surface area contributed by atoms with Crippen molar-refractivity contribution in [2.45, 2.75) is 62.8 Å². The van der Waals surface area contributed by atoms with E-state index in [-0.39, 0.29) is 44.2 Å². The quantitative estimate of drug-likeness (QED) is 0.0852. The second kappa shape index (κ2) is 22.8. The van der Waals surface area contributed by atoms with Gasteiger partial charge in [-0.1, -0.05) is 133 Å². The highest BCUT2D eigenvalue weighted by molar-refractivity contribution is 7.09. The van der Waals surface area contributed by atoms with E-state index in [2.05, 4.69) is 26.6 Å². The fraction of sp³-hybridized carbons (Fsp3) is 0.212. The predicted octanol–water partition coefficient (Wildman–Crippen LogP) is 5.60. The molecule has 0 radical (unpaired) electrons. The number of carboxylic acid groups (broad SMARTS) is 1. The second-order valence-electron chi connectivity index (χ2n) is 16.2. The zero-order chi connectivity index (χ0) is 47.1. The number of anilines is 1. The van der Waals surface area contributed by atoms with E-state index in [1.807, 2.05) is 72.1 Å². The van der Waals surface area contributed by atoms with Gasteiger partial charge < -0.3 is 36.6 Å². The summed E-state index contributed by atoms with van der Waals surface area (Å²) in [5, 5.41) is 25.9. The molecule has 4 atom stereocenters. The van der Waals surface area contributed by atoms with Crippen LogP contribution in [0.5, 0.6) is 0 Å². The molecular formula is C52H50N6O8S. The lowest BCUT2D eigenvalue weighted by atomic mass is 9.98. The van der Waals surface area contributed by atoms with Gasteiger partial charge in [-0.2, -0.15) is 0 Å². The molecule has 0 spiro atoms. The van der Waals surface area contributed by atoms with Crippen LogP contribution in [0.3, 0.4) is 0 Å². The Morgan fingerprint density at radius 1 is 0.537 bits per heavy atom. The van der Waals surface area contributed by atoms with E-state index in [1.54, 1.807) is 60.7 Å². The molecule has 1 unspecified atom stereocenters. The van der Waals surface area contributed by atoms with Crippen molar-refractivity contribution in [1.82, 2.24) is 26.2 Å². The number of carbonyl (C=O) groups is 7. The molecule has 15 heteroatoms. The van der Waals surface area contributed by atoms with Crippen LogP contribution in [0.1, 0.15) is 46.0 Å². The summed E-state index contributed by atoms with van der Waals surface area (Å²) in [4.78, 5) is 99.2. The summed E-state index contributed by atoms with van der Waals surface area (Å²) in [6, 6.07) is 39.6. The summed E-state index contributed by atoms with van der Waals surface area (Å²) >= 11 is 1.39. The molecule has 2 aliphatic heterocycles. The van der Waals surface area contributed by atoms with Gasteiger partial charge in [0.15, 0.2) is 0 Å². The molecule has 0 fully saturated rings. The number of hydrogen-bond donors (Lipinski definition) is 6. The van der Waals surface area contributed by atoms with Crippen molar-refractivity contribution >= 4 is 58.4 Å². The number of aliphatic carboxylic acids is 1. The van der Waals surface area contributed by atoms with Crippen LogP contribution < -0.4 is 26.6 Å². The fourth-order valence-electron chi connectivity index (χ4n) is 7.72. The van der Waals surface area contributed by atoms with Crippen molar-refractivity contribution in [3.63, 3.8) is 0 Å². The Labute approximate surface area is 391 Å². The van der Waals surface area contributed by atoms with Crippen molar-refractivity contribution in [2.24, 2.45) is 0 Å². The predicted molar refractivity (Wildman–Crippen MR) is 254 cm³/mol. The van der Waals surface area contributed by atoms with E-state index in [0.717, 1.165) is 20.9 Å². The molecule has 2 bridgehead atoms. The molecule has 342 valence electrons. The first kappa shape index (κ1) is 47.1. The van der Waals surface area contributed by atoms with E-state index >= 15 is 0 Å². The SMILES string of the molecule is O=C(O)CN(Cc1ccccc1)C(=O)C1NC(=O)[C@@H](Cc2ccccc2)NC(=O)[C@H](Cc2ccc(-c3ccccc3)cc2)NC(=O)[C@@H](Cc2cccs2)NC(=O)CCC(=O)Nc2ccc1cc2. The number of fused-ring (bicyclic) bond motifs is 17. The van der Waals surface area contributed by atoms with Gasteiger partial charge in [-0.25, -0.2) is 0 Å².